The first-order valence-corrected chi connectivity index (χ1v) is 7.53. The SMILES string of the molecule is Cc1cc(O)ccc1NC(=O)/C(C#N)=C\Nc1cccc(Cl)c1C. The second kappa shape index (κ2) is 7.53. The summed E-state index contributed by atoms with van der Waals surface area (Å²) in [6.45, 7) is 3.59. The molecule has 0 saturated carbocycles. The fraction of sp³-hybridized carbons (Fsp3) is 0.111. The predicted octanol–water partition coefficient (Wildman–Crippen LogP) is 4.12. The molecule has 2 aromatic carbocycles. The van der Waals surface area contributed by atoms with Gasteiger partial charge in [0.2, 0.25) is 0 Å². The number of hydrogen-bond acceptors (Lipinski definition) is 4. The summed E-state index contributed by atoms with van der Waals surface area (Å²) in [6, 6.07) is 11.8. The lowest BCUT2D eigenvalue weighted by Crippen LogP contribution is -2.15. The molecule has 0 unspecified atom stereocenters. The Morgan fingerprint density at radius 3 is 2.67 bits per heavy atom. The van der Waals surface area contributed by atoms with Crippen LogP contribution >= 0.6 is 11.6 Å². The number of benzene rings is 2. The van der Waals surface area contributed by atoms with E-state index in [0.29, 0.717) is 22.0 Å². The second-order valence-electron chi connectivity index (χ2n) is 5.18. The number of phenols is 1. The normalized spacial score (nSPS) is 10.8. The number of halogens is 1. The average molecular weight is 342 g/mol. The summed E-state index contributed by atoms with van der Waals surface area (Å²) in [7, 11) is 0. The van der Waals surface area contributed by atoms with E-state index in [9.17, 15) is 15.2 Å². The lowest BCUT2D eigenvalue weighted by atomic mass is 10.1. The number of carbonyl (C=O) groups is 1. The van der Waals surface area contributed by atoms with Crippen molar-refractivity contribution in [2.45, 2.75) is 13.8 Å². The van der Waals surface area contributed by atoms with Crippen LogP contribution in [0.15, 0.2) is 48.2 Å². The molecule has 1 amide bonds. The van der Waals surface area contributed by atoms with Crippen LogP contribution in [0.3, 0.4) is 0 Å². The highest BCUT2D eigenvalue weighted by molar-refractivity contribution is 6.31. The Morgan fingerprint density at radius 1 is 1.25 bits per heavy atom. The number of rotatable bonds is 4. The van der Waals surface area contributed by atoms with E-state index in [1.54, 1.807) is 31.2 Å². The third-order valence-electron chi connectivity index (χ3n) is 3.46. The van der Waals surface area contributed by atoms with Crippen molar-refractivity contribution in [1.29, 1.82) is 5.26 Å². The van der Waals surface area contributed by atoms with Crippen LogP contribution in [-0.2, 0) is 4.79 Å². The van der Waals surface area contributed by atoms with Gasteiger partial charge in [0.25, 0.3) is 5.91 Å². The molecule has 0 aliphatic carbocycles. The molecule has 0 aliphatic heterocycles. The maximum absolute atomic E-state index is 12.2. The minimum Gasteiger partial charge on any atom is -0.508 e. The Hall–Kier alpha value is -2.97. The molecular weight excluding hydrogens is 326 g/mol. The van der Waals surface area contributed by atoms with Crippen molar-refractivity contribution in [3.8, 4) is 11.8 Å². The van der Waals surface area contributed by atoms with Crippen LogP contribution in [0.2, 0.25) is 5.02 Å². The van der Waals surface area contributed by atoms with E-state index in [4.69, 9.17) is 11.6 Å². The maximum atomic E-state index is 12.2. The molecule has 122 valence electrons. The number of phenolic OH excluding ortho intramolecular Hbond substituents is 1. The zero-order valence-corrected chi connectivity index (χ0v) is 14.0. The number of aryl methyl sites for hydroxylation is 1. The average Bonchev–Trinajstić information content (AvgIpc) is 2.54. The summed E-state index contributed by atoms with van der Waals surface area (Å²) in [5, 5.41) is 24.8. The maximum Gasteiger partial charge on any atom is 0.267 e. The van der Waals surface area contributed by atoms with Crippen LogP contribution in [-0.4, -0.2) is 11.0 Å². The first kappa shape index (κ1) is 17.4. The molecule has 6 heteroatoms. The summed E-state index contributed by atoms with van der Waals surface area (Å²) in [5.74, 6) is -0.432. The summed E-state index contributed by atoms with van der Waals surface area (Å²) >= 11 is 6.04. The van der Waals surface area contributed by atoms with E-state index in [0.717, 1.165) is 5.56 Å². The Kier molecular flexibility index (Phi) is 5.46. The van der Waals surface area contributed by atoms with Gasteiger partial charge in [-0.25, -0.2) is 0 Å². The Morgan fingerprint density at radius 2 is 2.00 bits per heavy atom. The molecular formula is C18H16ClN3O2. The van der Waals surface area contributed by atoms with Gasteiger partial charge in [-0.2, -0.15) is 5.26 Å². The molecule has 0 aromatic heterocycles. The largest absolute Gasteiger partial charge is 0.508 e. The van der Waals surface area contributed by atoms with Crippen molar-refractivity contribution < 1.29 is 9.90 Å². The van der Waals surface area contributed by atoms with Crippen LogP contribution < -0.4 is 10.6 Å². The Bertz CT molecular complexity index is 854. The van der Waals surface area contributed by atoms with Crippen LogP contribution in [0.1, 0.15) is 11.1 Å². The number of anilines is 2. The highest BCUT2D eigenvalue weighted by Gasteiger charge is 2.11. The van der Waals surface area contributed by atoms with Crippen LogP contribution in [0.4, 0.5) is 11.4 Å². The predicted molar refractivity (Wildman–Crippen MR) is 95.0 cm³/mol. The first-order valence-electron chi connectivity index (χ1n) is 7.15. The molecule has 0 atom stereocenters. The van der Waals surface area contributed by atoms with Gasteiger partial charge in [-0.15, -0.1) is 0 Å². The van der Waals surface area contributed by atoms with E-state index < -0.39 is 5.91 Å². The summed E-state index contributed by atoms with van der Waals surface area (Å²) in [4.78, 5) is 12.2. The standard InChI is InChI=1S/C18H16ClN3O2/c1-11-8-14(23)6-7-16(11)22-18(24)13(9-20)10-21-17-5-3-4-15(19)12(17)2/h3-8,10,21,23H,1-2H3,(H,22,24)/b13-10-. The number of hydrogen-bond donors (Lipinski definition) is 3. The van der Waals surface area contributed by atoms with E-state index in [1.165, 1.54) is 18.3 Å². The van der Waals surface area contributed by atoms with Crippen LogP contribution in [0, 0.1) is 25.2 Å². The minimum atomic E-state index is -0.543. The molecule has 0 heterocycles. The lowest BCUT2D eigenvalue weighted by molar-refractivity contribution is -0.112. The molecule has 0 fully saturated rings. The van der Waals surface area contributed by atoms with Gasteiger partial charge in [0, 0.05) is 22.6 Å². The molecule has 0 spiro atoms. The monoisotopic (exact) mass is 341 g/mol. The summed E-state index contributed by atoms with van der Waals surface area (Å²) < 4.78 is 0. The molecule has 2 rings (SSSR count). The fourth-order valence-corrected chi connectivity index (χ4v) is 2.21. The molecule has 0 bridgehead atoms. The van der Waals surface area contributed by atoms with Crippen molar-refractivity contribution in [1.82, 2.24) is 0 Å². The van der Waals surface area contributed by atoms with Gasteiger partial charge in [-0.3, -0.25) is 4.79 Å². The number of nitrogens with zero attached hydrogens (tertiary/aromatic N) is 1. The van der Waals surface area contributed by atoms with E-state index in [-0.39, 0.29) is 11.3 Å². The van der Waals surface area contributed by atoms with Gasteiger partial charge >= 0.3 is 0 Å². The van der Waals surface area contributed by atoms with Crippen molar-refractivity contribution in [3.05, 3.63) is 64.3 Å². The smallest absolute Gasteiger partial charge is 0.267 e. The fourth-order valence-electron chi connectivity index (χ4n) is 2.04. The van der Waals surface area contributed by atoms with Crippen molar-refractivity contribution in [2.75, 3.05) is 10.6 Å². The van der Waals surface area contributed by atoms with E-state index in [1.807, 2.05) is 13.0 Å². The number of nitriles is 1. The second-order valence-corrected chi connectivity index (χ2v) is 5.59. The van der Waals surface area contributed by atoms with Gasteiger partial charge in [0.1, 0.15) is 17.4 Å². The van der Waals surface area contributed by atoms with Gasteiger partial charge in [-0.1, -0.05) is 17.7 Å². The Labute approximate surface area is 145 Å². The molecule has 0 radical (unpaired) electrons. The quantitative estimate of drug-likeness (QED) is 0.443. The highest BCUT2D eigenvalue weighted by Crippen LogP contribution is 2.23. The number of aromatic hydroxyl groups is 1. The van der Waals surface area contributed by atoms with Crippen molar-refractivity contribution in [2.24, 2.45) is 0 Å². The Balaban J connectivity index is 2.17. The molecule has 24 heavy (non-hydrogen) atoms. The number of nitrogens with one attached hydrogen (secondary N) is 2. The lowest BCUT2D eigenvalue weighted by Gasteiger charge is -2.09. The molecule has 3 N–H and O–H groups in total. The molecule has 0 aliphatic rings. The van der Waals surface area contributed by atoms with Gasteiger partial charge in [0.15, 0.2) is 0 Å². The van der Waals surface area contributed by atoms with Crippen molar-refractivity contribution >= 4 is 28.9 Å². The van der Waals surface area contributed by atoms with Crippen LogP contribution in [0.5, 0.6) is 5.75 Å². The zero-order valence-electron chi connectivity index (χ0n) is 13.2. The number of amides is 1. The summed E-state index contributed by atoms with van der Waals surface area (Å²) in [5.41, 5.74) is 2.67. The van der Waals surface area contributed by atoms with Gasteiger partial charge in [-0.05, 0) is 55.3 Å². The topological polar surface area (TPSA) is 85.2 Å². The molecule has 5 nitrogen and oxygen atoms in total. The summed E-state index contributed by atoms with van der Waals surface area (Å²) in [6.07, 6.45) is 1.34. The molecule has 0 saturated heterocycles. The zero-order chi connectivity index (χ0) is 17.7. The van der Waals surface area contributed by atoms with Gasteiger partial charge < -0.3 is 15.7 Å². The van der Waals surface area contributed by atoms with Crippen LogP contribution in [0.25, 0.3) is 0 Å². The first-order chi connectivity index (χ1) is 11.4. The molecule has 2 aromatic rings. The van der Waals surface area contributed by atoms with E-state index in [2.05, 4.69) is 10.6 Å². The highest BCUT2D eigenvalue weighted by atomic mass is 35.5. The third kappa shape index (κ3) is 4.06. The van der Waals surface area contributed by atoms with Gasteiger partial charge in [0.05, 0.1) is 0 Å². The van der Waals surface area contributed by atoms with Crippen molar-refractivity contribution in [3.63, 3.8) is 0 Å². The third-order valence-corrected chi connectivity index (χ3v) is 3.87. The minimum absolute atomic E-state index is 0.0816. The van der Waals surface area contributed by atoms with E-state index >= 15 is 0 Å². The number of carbonyl (C=O) groups excluding carboxylic acids is 1.